The molecule has 0 spiro atoms. The van der Waals surface area contributed by atoms with Crippen molar-refractivity contribution in [2.45, 2.75) is 18.3 Å². The molecule has 1 heterocycles. The van der Waals surface area contributed by atoms with E-state index >= 15 is 0 Å². The smallest absolute Gasteiger partial charge is 0.235 e. The third-order valence-electron chi connectivity index (χ3n) is 4.45. The SMILES string of the molecule is O=C(Nc1ccc(Br)cc1)C1(c2c[nH]c3ccc(Cl)cc23)CC1. The van der Waals surface area contributed by atoms with Gasteiger partial charge in [-0.25, -0.2) is 0 Å². The molecule has 5 heteroatoms. The van der Waals surface area contributed by atoms with E-state index in [0.717, 1.165) is 39.5 Å². The van der Waals surface area contributed by atoms with Crippen LogP contribution in [0.25, 0.3) is 10.9 Å². The number of carbonyl (C=O) groups excluding carboxylic acids is 1. The molecule has 1 aromatic heterocycles. The highest BCUT2D eigenvalue weighted by Gasteiger charge is 2.52. The fourth-order valence-corrected chi connectivity index (χ4v) is 3.45. The van der Waals surface area contributed by atoms with Gasteiger partial charge in [-0.2, -0.15) is 0 Å². The van der Waals surface area contributed by atoms with Crippen LogP contribution < -0.4 is 5.32 Å². The van der Waals surface area contributed by atoms with E-state index in [4.69, 9.17) is 11.6 Å². The van der Waals surface area contributed by atoms with Gasteiger partial charge >= 0.3 is 0 Å². The number of H-pyrrole nitrogens is 1. The number of hydrogen-bond acceptors (Lipinski definition) is 1. The van der Waals surface area contributed by atoms with Crippen molar-refractivity contribution in [2.24, 2.45) is 0 Å². The van der Waals surface area contributed by atoms with E-state index in [-0.39, 0.29) is 5.91 Å². The summed E-state index contributed by atoms with van der Waals surface area (Å²) < 4.78 is 0.989. The maximum atomic E-state index is 12.8. The number of fused-ring (bicyclic) bond motifs is 1. The molecule has 0 atom stereocenters. The summed E-state index contributed by atoms with van der Waals surface area (Å²) >= 11 is 9.52. The van der Waals surface area contributed by atoms with Gasteiger partial charge in [0.2, 0.25) is 5.91 Å². The number of rotatable bonds is 3. The number of aromatic nitrogens is 1. The summed E-state index contributed by atoms with van der Waals surface area (Å²) in [6.45, 7) is 0. The molecule has 2 N–H and O–H groups in total. The molecule has 23 heavy (non-hydrogen) atoms. The van der Waals surface area contributed by atoms with E-state index in [1.807, 2.05) is 48.7 Å². The van der Waals surface area contributed by atoms with Crippen molar-refractivity contribution in [3.05, 3.63) is 63.7 Å². The van der Waals surface area contributed by atoms with Gasteiger partial charge in [-0.3, -0.25) is 4.79 Å². The lowest BCUT2D eigenvalue weighted by Crippen LogP contribution is -2.27. The van der Waals surface area contributed by atoms with Crippen molar-refractivity contribution in [1.29, 1.82) is 0 Å². The van der Waals surface area contributed by atoms with Crippen molar-refractivity contribution in [1.82, 2.24) is 4.98 Å². The number of benzene rings is 2. The van der Waals surface area contributed by atoms with Crippen LogP contribution in [0.4, 0.5) is 5.69 Å². The van der Waals surface area contributed by atoms with Gasteiger partial charge in [0, 0.05) is 32.3 Å². The summed E-state index contributed by atoms with van der Waals surface area (Å²) in [7, 11) is 0. The van der Waals surface area contributed by atoms with Crippen molar-refractivity contribution in [3.8, 4) is 0 Å². The highest BCUT2D eigenvalue weighted by Crippen LogP contribution is 2.51. The standard InChI is InChI=1S/C18H14BrClN2O/c19-11-1-4-13(5-2-11)22-17(23)18(7-8-18)15-10-21-16-6-3-12(20)9-14(15)16/h1-6,9-10,21H,7-8H2,(H,22,23). The van der Waals surface area contributed by atoms with E-state index in [0.29, 0.717) is 5.02 Å². The molecule has 0 radical (unpaired) electrons. The van der Waals surface area contributed by atoms with Gasteiger partial charge in [-0.15, -0.1) is 0 Å². The number of nitrogens with one attached hydrogen (secondary N) is 2. The Labute approximate surface area is 147 Å². The molecule has 3 nitrogen and oxygen atoms in total. The minimum atomic E-state index is -0.448. The van der Waals surface area contributed by atoms with Crippen LogP contribution in [0.15, 0.2) is 53.1 Å². The predicted molar refractivity (Wildman–Crippen MR) is 97.0 cm³/mol. The second kappa shape index (κ2) is 5.39. The molecule has 0 bridgehead atoms. The molecule has 1 amide bonds. The van der Waals surface area contributed by atoms with Crippen molar-refractivity contribution >= 4 is 50.0 Å². The quantitative estimate of drug-likeness (QED) is 0.631. The molecule has 116 valence electrons. The molecule has 1 fully saturated rings. The van der Waals surface area contributed by atoms with Crippen LogP contribution in [0.2, 0.25) is 5.02 Å². The van der Waals surface area contributed by atoms with Crippen molar-refractivity contribution in [2.75, 3.05) is 5.32 Å². The fourth-order valence-electron chi connectivity index (χ4n) is 3.02. The molecule has 0 aliphatic heterocycles. The van der Waals surface area contributed by atoms with Crippen molar-refractivity contribution < 1.29 is 4.79 Å². The Morgan fingerprint density at radius 2 is 1.91 bits per heavy atom. The van der Waals surface area contributed by atoms with Crippen LogP contribution in [0.1, 0.15) is 18.4 Å². The van der Waals surface area contributed by atoms with Gasteiger partial charge in [0.25, 0.3) is 0 Å². The number of anilines is 1. The molecule has 2 aromatic carbocycles. The molecular weight excluding hydrogens is 376 g/mol. The van der Waals surface area contributed by atoms with Crippen LogP contribution in [0.5, 0.6) is 0 Å². The average Bonchev–Trinajstić information content (AvgIpc) is 3.24. The van der Waals surface area contributed by atoms with Gasteiger partial charge in [0.1, 0.15) is 0 Å². The Balaban J connectivity index is 1.68. The minimum Gasteiger partial charge on any atom is -0.361 e. The Morgan fingerprint density at radius 1 is 1.17 bits per heavy atom. The van der Waals surface area contributed by atoms with E-state index in [1.54, 1.807) is 0 Å². The lowest BCUT2D eigenvalue weighted by molar-refractivity contribution is -0.118. The number of halogens is 2. The normalized spacial score (nSPS) is 15.6. The lowest BCUT2D eigenvalue weighted by Gasteiger charge is -2.15. The molecule has 1 saturated carbocycles. The topological polar surface area (TPSA) is 44.9 Å². The van der Waals surface area contributed by atoms with Gasteiger partial charge in [-0.1, -0.05) is 27.5 Å². The third kappa shape index (κ3) is 2.56. The second-order valence-electron chi connectivity index (χ2n) is 5.94. The van der Waals surface area contributed by atoms with Crippen LogP contribution in [-0.4, -0.2) is 10.9 Å². The summed E-state index contributed by atoms with van der Waals surface area (Å²) in [5.41, 5.74) is 2.40. The number of hydrogen-bond donors (Lipinski definition) is 2. The van der Waals surface area contributed by atoms with E-state index < -0.39 is 5.41 Å². The highest BCUT2D eigenvalue weighted by molar-refractivity contribution is 9.10. The number of carbonyl (C=O) groups is 1. The zero-order valence-electron chi connectivity index (χ0n) is 12.2. The Bertz CT molecular complexity index is 897. The molecule has 0 saturated heterocycles. The first-order valence-corrected chi connectivity index (χ1v) is 8.60. The van der Waals surface area contributed by atoms with Crippen LogP contribution in [0.3, 0.4) is 0 Å². The summed E-state index contributed by atoms with van der Waals surface area (Å²) in [5.74, 6) is 0.0423. The summed E-state index contributed by atoms with van der Waals surface area (Å²) in [6.07, 6.45) is 3.65. The van der Waals surface area contributed by atoms with Gasteiger partial charge in [-0.05, 0) is 60.9 Å². The average molecular weight is 390 g/mol. The molecular formula is C18H14BrClN2O. The molecule has 0 unspecified atom stereocenters. The molecule has 1 aliphatic carbocycles. The Hall–Kier alpha value is -1.78. The van der Waals surface area contributed by atoms with Crippen LogP contribution in [0, 0.1) is 0 Å². The molecule has 4 rings (SSSR count). The summed E-state index contributed by atoms with van der Waals surface area (Å²) in [6, 6.07) is 13.3. The van der Waals surface area contributed by atoms with E-state index in [9.17, 15) is 4.79 Å². The first-order chi connectivity index (χ1) is 11.1. The minimum absolute atomic E-state index is 0.0423. The summed E-state index contributed by atoms with van der Waals surface area (Å²) in [4.78, 5) is 16.1. The largest absolute Gasteiger partial charge is 0.361 e. The van der Waals surface area contributed by atoms with Crippen LogP contribution in [-0.2, 0) is 10.2 Å². The first-order valence-electron chi connectivity index (χ1n) is 7.43. The van der Waals surface area contributed by atoms with Gasteiger partial charge < -0.3 is 10.3 Å². The second-order valence-corrected chi connectivity index (χ2v) is 7.29. The highest BCUT2D eigenvalue weighted by atomic mass is 79.9. The molecule has 1 aliphatic rings. The zero-order valence-corrected chi connectivity index (χ0v) is 14.5. The lowest BCUT2D eigenvalue weighted by atomic mass is 9.94. The maximum absolute atomic E-state index is 12.8. The Kier molecular flexibility index (Phi) is 3.47. The Morgan fingerprint density at radius 3 is 2.61 bits per heavy atom. The molecule has 3 aromatic rings. The van der Waals surface area contributed by atoms with Gasteiger partial charge in [0.15, 0.2) is 0 Å². The van der Waals surface area contributed by atoms with E-state index in [2.05, 4.69) is 26.2 Å². The number of aromatic amines is 1. The predicted octanol–water partition coefficient (Wildman–Crippen LogP) is 5.25. The van der Waals surface area contributed by atoms with E-state index in [1.165, 1.54) is 0 Å². The fraction of sp³-hybridized carbons (Fsp3) is 0.167. The maximum Gasteiger partial charge on any atom is 0.235 e. The first kappa shape index (κ1) is 14.8. The van der Waals surface area contributed by atoms with Crippen molar-refractivity contribution in [3.63, 3.8) is 0 Å². The van der Waals surface area contributed by atoms with Crippen LogP contribution >= 0.6 is 27.5 Å². The third-order valence-corrected chi connectivity index (χ3v) is 5.21. The monoisotopic (exact) mass is 388 g/mol. The zero-order chi connectivity index (χ0) is 16.0. The summed E-state index contributed by atoms with van der Waals surface area (Å²) in [5, 5.41) is 4.74. The van der Waals surface area contributed by atoms with Gasteiger partial charge in [0.05, 0.1) is 5.41 Å². The number of amides is 1.